The van der Waals surface area contributed by atoms with Crippen LogP contribution in [0.2, 0.25) is 0 Å². The molecule has 82 valence electrons. The van der Waals surface area contributed by atoms with Crippen LogP contribution in [-0.2, 0) is 6.18 Å². The highest BCUT2D eigenvalue weighted by Gasteiger charge is 2.30. The Morgan fingerprint density at radius 2 is 1.73 bits per heavy atom. The molecule has 15 heavy (non-hydrogen) atoms. The van der Waals surface area contributed by atoms with Crippen molar-refractivity contribution >= 4 is 34.0 Å². The SMILES string of the molecule is CN(C(=S)Cl)c1ccc(C(F)(F)F)cc1. The van der Waals surface area contributed by atoms with E-state index >= 15 is 0 Å². The predicted molar refractivity (Wildman–Crippen MR) is 58.3 cm³/mol. The minimum absolute atomic E-state index is 0.0785. The molecule has 1 aromatic rings. The van der Waals surface area contributed by atoms with Gasteiger partial charge in [-0.3, -0.25) is 0 Å². The summed E-state index contributed by atoms with van der Waals surface area (Å²) in [6, 6.07) is 4.61. The van der Waals surface area contributed by atoms with Crippen LogP contribution >= 0.6 is 23.8 Å². The molecule has 0 aliphatic carbocycles. The van der Waals surface area contributed by atoms with Gasteiger partial charge in [0.1, 0.15) is 0 Å². The number of anilines is 1. The smallest absolute Gasteiger partial charge is 0.326 e. The van der Waals surface area contributed by atoms with E-state index in [0.29, 0.717) is 5.69 Å². The van der Waals surface area contributed by atoms with Crippen molar-refractivity contribution in [1.82, 2.24) is 0 Å². The molecule has 0 unspecified atom stereocenters. The fourth-order valence-electron chi connectivity index (χ4n) is 0.976. The molecule has 0 heterocycles. The summed E-state index contributed by atoms with van der Waals surface area (Å²) in [5.74, 6) is 0. The molecule has 6 heteroatoms. The van der Waals surface area contributed by atoms with Crippen molar-refractivity contribution < 1.29 is 13.2 Å². The molecule has 0 N–H and O–H groups in total. The monoisotopic (exact) mass is 253 g/mol. The van der Waals surface area contributed by atoms with E-state index in [1.165, 1.54) is 17.0 Å². The molecule has 0 bridgehead atoms. The summed E-state index contributed by atoms with van der Waals surface area (Å²) in [5, 5.41) is 0. The first-order valence-electron chi connectivity index (χ1n) is 3.93. The number of alkyl halides is 3. The Bertz CT molecular complexity index is 361. The van der Waals surface area contributed by atoms with Gasteiger partial charge < -0.3 is 4.90 Å². The zero-order valence-electron chi connectivity index (χ0n) is 7.68. The van der Waals surface area contributed by atoms with E-state index in [1.807, 2.05) is 0 Å². The molecule has 0 radical (unpaired) electrons. The van der Waals surface area contributed by atoms with Crippen LogP contribution < -0.4 is 4.90 Å². The fraction of sp³-hybridized carbons (Fsp3) is 0.222. The van der Waals surface area contributed by atoms with Crippen molar-refractivity contribution in [3.05, 3.63) is 29.8 Å². The van der Waals surface area contributed by atoms with Gasteiger partial charge in [-0.2, -0.15) is 13.2 Å². The highest BCUT2D eigenvalue weighted by Crippen LogP contribution is 2.30. The van der Waals surface area contributed by atoms with Crippen molar-refractivity contribution in [1.29, 1.82) is 0 Å². The van der Waals surface area contributed by atoms with Crippen LogP contribution in [-0.4, -0.2) is 11.5 Å². The van der Waals surface area contributed by atoms with Gasteiger partial charge in [0.05, 0.1) is 5.56 Å². The summed E-state index contributed by atoms with van der Waals surface area (Å²) in [5.41, 5.74) is -0.178. The average molecular weight is 254 g/mol. The van der Waals surface area contributed by atoms with Gasteiger partial charge in [0.15, 0.2) is 4.45 Å². The van der Waals surface area contributed by atoms with Crippen LogP contribution in [0.3, 0.4) is 0 Å². The fourth-order valence-corrected chi connectivity index (χ4v) is 1.18. The molecule has 1 rings (SSSR count). The first-order chi connectivity index (χ1) is 6.82. The normalized spacial score (nSPS) is 11.3. The molecule has 0 spiro atoms. The molecule has 0 aliphatic heterocycles. The van der Waals surface area contributed by atoms with Gasteiger partial charge in [0.2, 0.25) is 0 Å². The molecule has 0 fully saturated rings. The van der Waals surface area contributed by atoms with E-state index in [2.05, 4.69) is 12.2 Å². The zero-order valence-corrected chi connectivity index (χ0v) is 9.25. The Hall–Kier alpha value is -0.810. The number of hydrogen-bond acceptors (Lipinski definition) is 1. The summed E-state index contributed by atoms with van der Waals surface area (Å²) in [7, 11) is 1.58. The summed E-state index contributed by atoms with van der Waals surface area (Å²) >= 11 is 10.2. The molecular formula is C9H7ClF3NS. The molecule has 0 atom stereocenters. The lowest BCUT2D eigenvalue weighted by molar-refractivity contribution is -0.137. The predicted octanol–water partition coefficient (Wildman–Crippen LogP) is 3.67. The maximum atomic E-state index is 12.2. The lowest BCUT2D eigenvalue weighted by atomic mass is 10.2. The van der Waals surface area contributed by atoms with Crippen LogP contribution in [0.5, 0.6) is 0 Å². The van der Waals surface area contributed by atoms with Crippen LogP contribution in [0, 0.1) is 0 Å². The van der Waals surface area contributed by atoms with Crippen molar-refractivity contribution in [2.45, 2.75) is 6.18 Å². The topological polar surface area (TPSA) is 3.24 Å². The Labute approximate surface area is 95.4 Å². The van der Waals surface area contributed by atoms with Crippen LogP contribution in [0.1, 0.15) is 5.56 Å². The van der Waals surface area contributed by atoms with Gasteiger partial charge in [-0.05, 0) is 36.5 Å². The van der Waals surface area contributed by atoms with Crippen LogP contribution in [0.4, 0.5) is 18.9 Å². The van der Waals surface area contributed by atoms with Gasteiger partial charge >= 0.3 is 6.18 Å². The maximum absolute atomic E-state index is 12.2. The second-order valence-electron chi connectivity index (χ2n) is 2.86. The molecule has 0 amide bonds. The van der Waals surface area contributed by atoms with Crippen molar-refractivity contribution in [2.75, 3.05) is 11.9 Å². The Balaban J connectivity index is 2.95. The van der Waals surface area contributed by atoms with Crippen molar-refractivity contribution in [3.8, 4) is 0 Å². The van der Waals surface area contributed by atoms with Gasteiger partial charge in [0.25, 0.3) is 0 Å². The van der Waals surface area contributed by atoms with Gasteiger partial charge in [-0.1, -0.05) is 11.6 Å². The molecular weight excluding hydrogens is 247 g/mol. The van der Waals surface area contributed by atoms with Gasteiger partial charge in [-0.25, -0.2) is 0 Å². The van der Waals surface area contributed by atoms with E-state index in [1.54, 1.807) is 7.05 Å². The number of rotatable bonds is 1. The van der Waals surface area contributed by atoms with Gasteiger partial charge in [0, 0.05) is 12.7 Å². The average Bonchev–Trinajstić information content (AvgIpc) is 2.15. The lowest BCUT2D eigenvalue weighted by Crippen LogP contribution is -2.19. The Morgan fingerprint density at radius 1 is 1.27 bits per heavy atom. The molecule has 0 aromatic heterocycles. The van der Waals surface area contributed by atoms with E-state index < -0.39 is 11.7 Å². The number of thiocarbonyl (C=S) groups is 1. The molecule has 0 saturated heterocycles. The second kappa shape index (κ2) is 4.37. The van der Waals surface area contributed by atoms with Gasteiger partial charge in [-0.15, -0.1) is 0 Å². The van der Waals surface area contributed by atoms with E-state index in [9.17, 15) is 13.2 Å². The van der Waals surface area contributed by atoms with E-state index in [-0.39, 0.29) is 4.45 Å². The van der Waals surface area contributed by atoms with Crippen LogP contribution in [0.15, 0.2) is 24.3 Å². The number of nitrogens with zero attached hydrogens (tertiary/aromatic N) is 1. The second-order valence-corrected chi connectivity index (χ2v) is 3.83. The van der Waals surface area contributed by atoms with E-state index in [0.717, 1.165) is 12.1 Å². The van der Waals surface area contributed by atoms with Crippen molar-refractivity contribution in [2.24, 2.45) is 0 Å². The highest BCUT2D eigenvalue weighted by atomic mass is 35.5. The van der Waals surface area contributed by atoms with Crippen molar-refractivity contribution in [3.63, 3.8) is 0 Å². The number of benzene rings is 1. The minimum atomic E-state index is -4.32. The quantitative estimate of drug-likeness (QED) is 0.427. The molecule has 1 nitrogen and oxygen atoms in total. The first-order valence-corrected chi connectivity index (χ1v) is 4.71. The summed E-state index contributed by atoms with van der Waals surface area (Å²) in [4.78, 5) is 1.41. The minimum Gasteiger partial charge on any atom is -0.326 e. The number of hydrogen-bond donors (Lipinski definition) is 0. The standard InChI is InChI=1S/C9H7ClF3NS/c1-14(8(10)15)7-4-2-6(3-5-7)9(11,12)13/h2-5H,1H3. The van der Waals surface area contributed by atoms with E-state index in [4.69, 9.17) is 11.6 Å². The third kappa shape index (κ3) is 3.07. The first kappa shape index (κ1) is 12.3. The lowest BCUT2D eigenvalue weighted by Gasteiger charge is -2.16. The largest absolute Gasteiger partial charge is 0.416 e. The Morgan fingerprint density at radius 3 is 2.07 bits per heavy atom. The summed E-state index contributed by atoms with van der Waals surface area (Å²) in [6.45, 7) is 0. The van der Waals surface area contributed by atoms with Crippen LogP contribution in [0.25, 0.3) is 0 Å². The zero-order chi connectivity index (χ0) is 11.6. The highest BCUT2D eigenvalue weighted by molar-refractivity contribution is 7.83. The third-order valence-electron chi connectivity index (χ3n) is 1.85. The Kier molecular flexibility index (Phi) is 3.57. The molecule has 0 saturated carbocycles. The summed E-state index contributed by atoms with van der Waals surface area (Å²) in [6.07, 6.45) is -4.32. The number of halogens is 4. The molecule has 1 aromatic carbocycles. The third-order valence-corrected chi connectivity index (χ3v) is 2.37. The summed E-state index contributed by atoms with van der Waals surface area (Å²) < 4.78 is 36.7. The molecule has 0 aliphatic rings. The maximum Gasteiger partial charge on any atom is 0.416 e.